The maximum atomic E-state index is 11.1. The molecule has 0 aliphatic carbocycles. The van der Waals surface area contributed by atoms with Crippen LogP contribution < -0.4 is 10.1 Å². The predicted molar refractivity (Wildman–Crippen MR) is 74.2 cm³/mol. The SMILES string of the molecule is CCCCC(Nc1ccc([N+](=O)[O-])c(OC)c1)C(=O)O. The van der Waals surface area contributed by atoms with Crippen LogP contribution in [0.4, 0.5) is 11.4 Å². The molecule has 0 aromatic heterocycles. The first-order valence-electron chi connectivity index (χ1n) is 6.31. The number of carbonyl (C=O) groups is 1. The van der Waals surface area contributed by atoms with Crippen LogP contribution in [0.2, 0.25) is 0 Å². The molecule has 0 aliphatic rings. The van der Waals surface area contributed by atoms with E-state index in [4.69, 9.17) is 9.84 Å². The molecule has 1 atom stereocenters. The number of carboxylic acid groups (broad SMARTS) is 1. The second-order valence-electron chi connectivity index (χ2n) is 4.32. The summed E-state index contributed by atoms with van der Waals surface area (Å²) in [5, 5.41) is 22.8. The van der Waals surface area contributed by atoms with E-state index in [1.165, 1.54) is 25.3 Å². The summed E-state index contributed by atoms with van der Waals surface area (Å²) < 4.78 is 4.94. The van der Waals surface area contributed by atoms with Crippen LogP contribution in [-0.4, -0.2) is 29.2 Å². The van der Waals surface area contributed by atoms with E-state index in [0.29, 0.717) is 12.1 Å². The fraction of sp³-hybridized carbons (Fsp3) is 0.462. The van der Waals surface area contributed by atoms with Crippen molar-refractivity contribution in [3.8, 4) is 5.75 Å². The quantitative estimate of drug-likeness (QED) is 0.561. The van der Waals surface area contributed by atoms with Gasteiger partial charge in [0.25, 0.3) is 0 Å². The van der Waals surface area contributed by atoms with Gasteiger partial charge in [-0.2, -0.15) is 0 Å². The Balaban J connectivity index is 2.90. The lowest BCUT2D eigenvalue weighted by Crippen LogP contribution is -2.29. The van der Waals surface area contributed by atoms with E-state index in [9.17, 15) is 14.9 Å². The van der Waals surface area contributed by atoms with Gasteiger partial charge in [-0.15, -0.1) is 0 Å². The Morgan fingerprint density at radius 1 is 1.55 bits per heavy atom. The van der Waals surface area contributed by atoms with Crippen molar-refractivity contribution in [3.63, 3.8) is 0 Å². The molecule has 0 aliphatic heterocycles. The highest BCUT2D eigenvalue weighted by Gasteiger charge is 2.19. The molecule has 0 saturated carbocycles. The van der Waals surface area contributed by atoms with Crippen molar-refractivity contribution in [3.05, 3.63) is 28.3 Å². The Labute approximate surface area is 116 Å². The number of carboxylic acids is 1. The number of benzene rings is 1. The Bertz CT molecular complexity index is 490. The summed E-state index contributed by atoms with van der Waals surface area (Å²) in [6, 6.07) is 3.48. The van der Waals surface area contributed by atoms with Crippen LogP contribution in [0.3, 0.4) is 0 Å². The standard InChI is InChI=1S/C13H18N2O5/c1-3-4-5-10(13(16)17)14-9-6-7-11(15(18)19)12(8-9)20-2/h6-8,10,14H,3-5H2,1-2H3,(H,16,17). The molecule has 110 valence electrons. The zero-order valence-corrected chi connectivity index (χ0v) is 11.5. The smallest absolute Gasteiger partial charge is 0.326 e. The van der Waals surface area contributed by atoms with E-state index >= 15 is 0 Å². The van der Waals surface area contributed by atoms with Crippen molar-refractivity contribution < 1.29 is 19.6 Å². The summed E-state index contributed by atoms with van der Waals surface area (Å²) >= 11 is 0. The Kier molecular flexibility index (Phi) is 5.76. The summed E-state index contributed by atoms with van der Waals surface area (Å²) in [4.78, 5) is 21.4. The molecule has 1 rings (SSSR count). The molecule has 1 aromatic rings. The van der Waals surface area contributed by atoms with Gasteiger partial charge in [0.15, 0.2) is 5.75 Å². The molecule has 0 bridgehead atoms. The maximum Gasteiger partial charge on any atom is 0.326 e. The second kappa shape index (κ2) is 7.32. The highest BCUT2D eigenvalue weighted by molar-refractivity contribution is 5.77. The first kappa shape index (κ1) is 15.7. The fourth-order valence-corrected chi connectivity index (χ4v) is 1.79. The minimum Gasteiger partial charge on any atom is -0.490 e. The average molecular weight is 282 g/mol. The number of hydrogen-bond donors (Lipinski definition) is 2. The molecule has 7 heteroatoms. The van der Waals surface area contributed by atoms with Gasteiger partial charge in [-0.1, -0.05) is 19.8 Å². The number of hydrogen-bond acceptors (Lipinski definition) is 5. The number of methoxy groups -OCH3 is 1. The summed E-state index contributed by atoms with van der Waals surface area (Å²) in [5.41, 5.74) is 0.328. The molecule has 2 N–H and O–H groups in total. The first-order valence-corrected chi connectivity index (χ1v) is 6.31. The van der Waals surface area contributed by atoms with Crippen molar-refractivity contribution in [1.29, 1.82) is 0 Å². The first-order chi connectivity index (χ1) is 9.49. The van der Waals surface area contributed by atoms with Crippen LogP contribution in [0.5, 0.6) is 5.75 Å². The highest BCUT2D eigenvalue weighted by Crippen LogP contribution is 2.30. The van der Waals surface area contributed by atoms with Crippen LogP contribution in [0.15, 0.2) is 18.2 Å². The Morgan fingerprint density at radius 3 is 2.75 bits per heavy atom. The monoisotopic (exact) mass is 282 g/mol. The lowest BCUT2D eigenvalue weighted by Gasteiger charge is -2.15. The number of aliphatic carboxylic acids is 1. The third kappa shape index (κ3) is 4.11. The zero-order valence-electron chi connectivity index (χ0n) is 11.5. The zero-order chi connectivity index (χ0) is 15.1. The second-order valence-corrected chi connectivity index (χ2v) is 4.32. The van der Waals surface area contributed by atoms with Crippen molar-refractivity contribution in [2.45, 2.75) is 32.2 Å². The number of unbranched alkanes of at least 4 members (excludes halogenated alkanes) is 1. The van der Waals surface area contributed by atoms with Gasteiger partial charge in [0.05, 0.1) is 12.0 Å². The van der Waals surface area contributed by atoms with E-state index in [2.05, 4.69) is 5.32 Å². The third-order valence-electron chi connectivity index (χ3n) is 2.86. The molecule has 1 aromatic carbocycles. The molecule has 20 heavy (non-hydrogen) atoms. The molecule has 0 spiro atoms. The van der Waals surface area contributed by atoms with Crippen LogP contribution in [0, 0.1) is 10.1 Å². The summed E-state index contributed by atoms with van der Waals surface area (Å²) in [5.74, 6) is -0.851. The van der Waals surface area contributed by atoms with E-state index in [-0.39, 0.29) is 11.4 Å². The van der Waals surface area contributed by atoms with Crippen molar-refractivity contribution in [2.24, 2.45) is 0 Å². The minimum absolute atomic E-state index is 0.0969. The predicted octanol–water partition coefficient (Wildman–Crippen LogP) is 2.66. The molecule has 0 saturated heterocycles. The van der Waals surface area contributed by atoms with Gasteiger partial charge in [0.2, 0.25) is 0 Å². The van der Waals surface area contributed by atoms with E-state index in [0.717, 1.165) is 12.8 Å². The lowest BCUT2D eigenvalue weighted by atomic mass is 10.1. The number of rotatable bonds is 8. The van der Waals surface area contributed by atoms with Gasteiger partial charge in [0.1, 0.15) is 6.04 Å². The lowest BCUT2D eigenvalue weighted by molar-refractivity contribution is -0.385. The minimum atomic E-state index is -0.948. The molecule has 0 heterocycles. The number of nitro benzene ring substituents is 1. The summed E-state index contributed by atoms with van der Waals surface area (Å²) in [6.07, 6.45) is 2.17. The fourth-order valence-electron chi connectivity index (χ4n) is 1.79. The van der Waals surface area contributed by atoms with Gasteiger partial charge >= 0.3 is 11.7 Å². The number of nitrogens with zero attached hydrogens (tertiary/aromatic N) is 1. The van der Waals surface area contributed by atoms with Crippen molar-refractivity contribution >= 4 is 17.3 Å². The molecule has 7 nitrogen and oxygen atoms in total. The van der Waals surface area contributed by atoms with Gasteiger partial charge < -0.3 is 15.2 Å². The largest absolute Gasteiger partial charge is 0.490 e. The van der Waals surface area contributed by atoms with Crippen LogP contribution >= 0.6 is 0 Å². The van der Waals surface area contributed by atoms with Crippen LogP contribution in [0.25, 0.3) is 0 Å². The molecular weight excluding hydrogens is 264 g/mol. The maximum absolute atomic E-state index is 11.1. The molecule has 1 unspecified atom stereocenters. The van der Waals surface area contributed by atoms with Gasteiger partial charge in [-0.3, -0.25) is 10.1 Å². The number of anilines is 1. The van der Waals surface area contributed by atoms with E-state index in [1.54, 1.807) is 0 Å². The van der Waals surface area contributed by atoms with Crippen LogP contribution in [0.1, 0.15) is 26.2 Å². The highest BCUT2D eigenvalue weighted by atomic mass is 16.6. The molecule has 0 radical (unpaired) electrons. The number of ether oxygens (including phenoxy) is 1. The van der Waals surface area contributed by atoms with E-state index < -0.39 is 16.9 Å². The molecular formula is C13H18N2O5. The van der Waals surface area contributed by atoms with Gasteiger partial charge in [-0.05, 0) is 12.5 Å². The molecule has 0 amide bonds. The summed E-state index contributed by atoms with van der Waals surface area (Å²) in [7, 11) is 1.33. The Morgan fingerprint density at radius 2 is 2.25 bits per heavy atom. The number of nitro groups is 1. The van der Waals surface area contributed by atoms with E-state index in [1.807, 2.05) is 6.92 Å². The van der Waals surface area contributed by atoms with Crippen molar-refractivity contribution in [2.75, 3.05) is 12.4 Å². The van der Waals surface area contributed by atoms with Crippen LogP contribution in [-0.2, 0) is 4.79 Å². The average Bonchev–Trinajstić information content (AvgIpc) is 2.42. The van der Waals surface area contributed by atoms with Gasteiger partial charge in [-0.25, -0.2) is 4.79 Å². The Hall–Kier alpha value is -2.31. The topological polar surface area (TPSA) is 102 Å². The van der Waals surface area contributed by atoms with Crippen molar-refractivity contribution in [1.82, 2.24) is 0 Å². The van der Waals surface area contributed by atoms with Gasteiger partial charge in [0, 0.05) is 17.8 Å². The third-order valence-corrected chi connectivity index (χ3v) is 2.86. The number of nitrogens with one attached hydrogen (secondary N) is 1. The molecule has 0 fully saturated rings. The summed E-state index contributed by atoms with van der Waals surface area (Å²) in [6.45, 7) is 1.98. The normalized spacial score (nSPS) is 11.7.